The van der Waals surface area contributed by atoms with Crippen molar-refractivity contribution in [1.29, 1.82) is 0 Å². The minimum absolute atomic E-state index is 0.987. The van der Waals surface area contributed by atoms with Gasteiger partial charge in [-0.05, 0) is 75.6 Å². The van der Waals surface area contributed by atoms with Gasteiger partial charge in [0.05, 0.1) is 0 Å². The van der Waals surface area contributed by atoms with Gasteiger partial charge in [0.15, 0.2) is 0 Å². The Labute approximate surface area is 220 Å². The van der Waals surface area contributed by atoms with Gasteiger partial charge >= 0.3 is 0 Å². The molecular weight excluding hydrogens is 436 g/mol. The van der Waals surface area contributed by atoms with Crippen LogP contribution < -0.4 is 0 Å². The molecule has 0 aromatic heterocycles. The third-order valence-electron chi connectivity index (χ3n) is 7.19. The molecule has 1 aliphatic rings. The lowest BCUT2D eigenvalue weighted by molar-refractivity contribution is -0.345. The smallest absolute Gasteiger partial charge is 0.211 e. The van der Waals surface area contributed by atoms with Gasteiger partial charge in [0.2, 0.25) is 11.4 Å². The van der Waals surface area contributed by atoms with Crippen molar-refractivity contribution in [3.05, 3.63) is 99.6 Å². The van der Waals surface area contributed by atoms with E-state index in [1.54, 1.807) is 4.70 Å². The maximum atomic E-state index is 11.9. The van der Waals surface area contributed by atoms with E-state index in [4.69, 9.17) is 0 Å². The summed E-state index contributed by atoms with van der Waals surface area (Å²) in [7, 11) is 0. The number of hydrogen-bond donors (Lipinski definition) is 0. The Morgan fingerprint density at radius 1 is 0.694 bits per heavy atom. The summed E-state index contributed by atoms with van der Waals surface area (Å²) in [6, 6.07) is 17.3. The Hall–Kier alpha value is -2.74. The first-order valence-corrected chi connectivity index (χ1v) is 14.4. The van der Waals surface area contributed by atoms with E-state index < -0.39 is 0 Å². The Balaban J connectivity index is 2.07. The summed E-state index contributed by atoms with van der Waals surface area (Å²) in [6.07, 6.45) is 18.2. The molecule has 3 rings (SSSR count). The van der Waals surface area contributed by atoms with Crippen molar-refractivity contribution in [2.75, 3.05) is 0 Å². The lowest BCUT2D eigenvalue weighted by atomic mass is 9.90. The summed E-state index contributed by atoms with van der Waals surface area (Å²) in [5.74, 6) is 0. The number of allylic oxidation sites excluding steroid dienone is 4. The van der Waals surface area contributed by atoms with Gasteiger partial charge in [-0.2, -0.15) is 0 Å². The molecule has 2 nitrogen and oxygen atoms in total. The van der Waals surface area contributed by atoms with E-state index in [1.807, 2.05) is 0 Å². The Morgan fingerprint density at radius 3 is 2.17 bits per heavy atom. The molecule has 2 aromatic rings. The van der Waals surface area contributed by atoms with E-state index >= 15 is 0 Å². The van der Waals surface area contributed by atoms with Crippen LogP contribution in [0.25, 0.3) is 16.9 Å². The van der Waals surface area contributed by atoms with Crippen molar-refractivity contribution in [2.45, 2.75) is 105 Å². The lowest BCUT2D eigenvalue weighted by Crippen LogP contribution is -2.05. The standard InChI is InChI=1S/C34H46N2/c1-5-8-11-13-14-20-28-21-16-17-24-30(28)34-32(23-10-7-3)31(25-15-12-9-6-2)33(36(34)35)29-22-18-19-27(4)26-29/h11,13,16-19,21-22,24,26H,5-10,12,14-15,20,23,25H2,1-4H3. The molecule has 0 fully saturated rings. The minimum atomic E-state index is 0.987. The Kier molecular flexibility index (Phi) is 11.4. The number of hydrogen-bond acceptors (Lipinski definition) is 0. The molecule has 0 spiro atoms. The van der Waals surface area contributed by atoms with E-state index in [1.165, 1.54) is 59.9 Å². The minimum Gasteiger partial charge on any atom is -0.493 e. The lowest BCUT2D eigenvalue weighted by Gasteiger charge is -2.13. The summed E-state index contributed by atoms with van der Waals surface area (Å²) in [5.41, 5.74) is 21.4. The Morgan fingerprint density at radius 2 is 1.42 bits per heavy atom. The maximum absolute atomic E-state index is 11.9. The number of benzene rings is 2. The van der Waals surface area contributed by atoms with Gasteiger partial charge in [0, 0.05) is 22.3 Å². The SMILES string of the molecule is CCCC=CCCc1ccccc1C1=C(CCCC)C(CCCCCC)=C(c2cccc(C)c2)[N+]1=[N-]. The third-order valence-corrected chi connectivity index (χ3v) is 7.19. The molecule has 0 aliphatic carbocycles. The zero-order valence-corrected chi connectivity index (χ0v) is 23.2. The molecule has 0 saturated heterocycles. The van der Waals surface area contributed by atoms with Gasteiger partial charge in [0.25, 0.3) is 0 Å². The highest BCUT2D eigenvalue weighted by Crippen LogP contribution is 2.45. The maximum Gasteiger partial charge on any atom is 0.211 e. The molecule has 1 aliphatic heterocycles. The average Bonchev–Trinajstić information content (AvgIpc) is 3.16. The van der Waals surface area contributed by atoms with Crippen molar-refractivity contribution in [3.8, 4) is 0 Å². The van der Waals surface area contributed by atoms with E-state index in [0.717, 1.165) is 61.9 Å². The fraction of sp³-hybridized carbons (Fsp3) is 0.471. The molecule has 0 amide bonds. The quantitative estimate of drug-likeness (QED) is 0.137. The summed E-state index contributed by atoms with van der Waals surface area (Å²) in [5, 5.41) is 0. The van der Waals surface area contributed by atoms with E-state index in [0.29, 0.717) is 0 Å². The fourth-order valence-electron chi connectivity index (χ4n) is 5.25. The van der Waals surface area contributed by atoms with Crippen molar-refractivity contribution in [1.82, 2.24) is 0 Å². The van der Waals surface area contributed by atoms with Gasteiger partial charge in [-0.15, -0.1) is 0 Å². The average molecular weight is 483 g/mol. The van der Waals surface area contributed by atoms with Crippen LogP contribution in [-0.4, -0.2) is 4.70 Å². The monoisotopic (exact) mass is 482 g/mol. The van der Waals surface area contributed by atoms with Crippen LogP contribution in [0.3, 0.4) is 0 Å². The van der Waals surface area contributed by atoms with Crippen LogP contribution in [-0.2, 0) is 6.42 Å². The highest BCUT2D eigenvalue weighted by atomic mass is 15.2. The molecule has 2 heteroatoms. The summed E-state index contributed by atoms with van der Waals surface area (Å²) in [6.45, 7) is 8.88. The normalized spacial score (nSPS) is 14.1. The van der Waals surface area contributed by atoms with Crippen LogP contribution in [0.15, 0.2) is 71.8 Å². The van der Waals surface area contributed by atoms with Gasteiger partial charge in [-0.1, -0.05) is 101 Å². The fourth-order valence-corrected chi connectivity index (χ4v) is 5.25. The van der Waals surface area contributed by atoms with Crippen molar-refractivity contribution in [2.24, 2.45) is 0 Å². The largest absolute Gasteiger partial charge is 0.493 e. The van der Waals surface area contributed by atoms with Crippen molar-refractivity contribution >= 4 is 11.4 Å². The second-order valence-electron chi connectivity index (χ2n) is 10.2. The zero-order chi connectivity index (χ0) is 25.8. The number of nitrogens with zero attached hydrogens (tertiary/aromatic N) is 2. The van der Waals surface area contributed by atoms with Crippen molar-refractivity contribution in [3.63, 3.8) is 0 Å². The summed E-state index contributed by atoms with van der Waals surface area (Å²) in [4.78, 5) is 0. The molecule has 0 unspecified atom stereocenters. The van der Waals surface area contributed by atoms with Crippen molar-refractivity contribution < 1.29 is 4.70 Å². The predicted octanol–water partition coefficient (Wildman–Crippen LogP) is 10.6. The molecule has 0 N–H and O–H groups in total. The molecular formula is C34H46N2. The van der Waals surface area contributed by atoms with Crippen LogP contribution in [0.4, 0.5) is 0 Å². The van der Waals surface area contributed by atoms with Crippen LogP contribution in [0, 0.1) is 6.92 Å². The van der Waals surface area contributed by atoms with E-state index in [2.05, 4.69) is 88.4 Å². The molecule has 36 heavy (non-hydrogen) atoms. The predicted molar refractivity (Wildman–Crippen MR) is 156 cm³/mol. The number of unbranched alkanes of at least 4 members (excludes halogenated alkanes) is 5. The van der Waals surface area contributed by atoms with Gasteiger partial charge < -0.3 is 5.53 Å². The molecule has 2 aromatic carbocycles. The molecule has 1 heterocycles. The highest BCUT2D eigenvalue weighted by Gasteiger charge is 2.35. The van der Waals surface area contributed by atoms with E-state index in [9.17, 15) is 5.53 Å². The zero-order valence-electron chi connectivity index (χ0n) is 23.2. The second kappa shape index (κ2) is 14.7. The first-order valence-electron chi connectivity index (χ1n) is 14.4. The molecule has 192 valence electrons. The van der Waals surface area contributed by atoms with Gasteiger partial charge in [0.1, 0.15) is 0 Å². The van der Waals surface area contributed by atoms with E-state index in [-0.39, 0.29) is 0 Å². The molecule has 0 radical (unpaired) electrons. The van der Waals surface area contributed by atoms with Crippen LogP contribution in [0.1, 0.15) is 114 Å². The molecule has 0 saturated carbocycles. The van der Waals surface area contributed by atoms with Crippen LogP contribution in [0.5, 0.6) is 0 Å². The summed E-state index contributed by atoms with van der Waals surface area (Å²) < 4.78 is 1.54. The number of aryl methyl sites for hydroxylation is 2. The number of rotatable bonds is 15. The van der Waals surface area contributed by atoms with Gasteiger partial charge in [-0.3, -0.25) is 0 Å². The topological polar surface area (TPSA) is 25.3 Å². The first kappa shape index (κ1) is 27.8. The third kappa shape index (κ3) is 7.15. The van der Waals surface area contributed by atoms with Gasteiger partial charge in [-0.25, -0.2) is 4.70 Å². The highest BCUT2D eigenvalue weighted by molar-refractivity contribution is 5.83. The molecule has 0 atom stereocenters. The molecule has 0 bridgehead atoms. The Bertz CT molecular complexity index is 1100. The van der Waals surface area contributed by atoms with Crippen LogP contribution in [0.2, 0.25) is 0 Å². The summed E-state index contributed by atoms with van der Waals surface area (Å²) >= 11 is 0. The first-order chi connectivity index (χ1) is 17.6. The second-order valence-corrected chi connectivity index (χ2v) is 10.2. The van der Waals surface area contributed by atoms with Crippen LogP contribution >= 0.6 is 0 Å².